The van der Waals surface area contributed by atoms with Crippen LogP contribution in [-0.2, 0) is 13.6 Å². The lowest BCUT2D eigenvalue weighted by molar-refractivity contribution is 0.413. The third-order valence-electron chi connectivity index (χ3n) is 2.78. The van der Waals surface area contributed by atoms with Gasteiger partial charge in [-0.1, -0.05) is 12.1 Å². The van der Waals surface area contributed by atoms with E-state index in [2.05, 4.69) is 5.10 Å². The van der Waals surface area contributed by atoms with Crippen LogP contribution >= 0.6 is 0 Å². The van der Waals surface area contributed by atoms with Gasteiger partial charge in [0, 0.05) is 13.1 Å². The molecule has 18 heavy (non-hydrogen) atoms. The van der Waals surface area contributed by atoms with E-state index in [0.29, 0.717) is 6.54 Å². The summed E-state index contributed by atoms with van der Waals surface area (Å²) in [7, 11) is 3.26. The number of rotatable bonds is 4. The molecule has 0 spiro atoms. The average Bonchev–Trinajstić information content (AvgIpc) is 2.71. The molecule has 0 aliphatic carbocycles. The molecular formula is C12H16N4O2. The Balaban J connectivity index is 2.19. The lowest BCUT2D eigenvalue weighted by atomic mass is 10.1. The van der Waals surface area contributed by atoms with Gasteiger partial charge in [-0.15, -0.1) is 0 Å². The molecule has 1 atom stereocenters. The summed E-state index contributed by atoms with van der Waals surface area (Å²) in [6.45, 7) is 0.340. The zero-order valence-corrected chi connectivity index (χ0v) is 10.4. The van der Waals surface area contributed by atoms with E-state index in [1.807, 2.05) is 24.3 Å². The maximum absolute atomic E-state index is 11.6. The molecule has 0 aliphatic heterocycles. The number of benzene rings is 1. The minimum Gasteiger partial charge on any atom is -0.497 e. The van der Waals surface area contributed by atoms with Gasteiger partial charge >= 0.3 is 5.69 Å². The molecule has 0 radical (unpaired) electrons. The van der Waals surface area contributed by atoms with Crippen molar-refractivity contribution < 1.29 is 4.74 Å². The van der Waals surface area contributed by atoms with Crippen molar-refractivity contribution in [1.29, 1.82) is 0 Å². The Morgan fingerprint density at radius 2 is 2.28 bits per heavy atom. The zero-order chi connectivity index (χ0) is 13.1. The molecule has 0 aliphatic rings. The molecule has 0 saturated heterocycles. The summed E-state index contributed by atoms with van der Waals surface area (Å²) in [4.78, 5) is 11.6. The predicted molar refractivity (Wildman–Crippen MR) is 67.4 cm³/mol. The molecule has 1 aromatic heterocycles. The van der Waals surface area contributed by atoms with Gasteiger partial charge in [-0.3, -0.25) is 4.57 Å². The maximum Gasteiger partial charge on any atom is 0.345 e. The Bertz CT molecular complexity index is 588. The molecule has 0 bridgehead atoms. The second-order valence-corrected chi connectivity index (χ2v) is 4.09. The highest BCUT2D eigenvalue weighted by Crippen LogP contribution is 2.18. The number of methoxy groups -OCH3 is 1. The van der Waals surface area contributed by atoms with Crippen molar-refractivity contribution in [3.05, 3.63) is 46.6 Å². The van der Waals surface area contributed by atoms with E-state index in [1.165, 1.54) is 15.6 Å². The van der Waals surface area contributed by atoms with Crippen LogP contribution in [0.1, 0.15) is 11.6 Å². The fourth-order valence-corrected chi connectivity index (χ4v) is 1.71. The molecule has 0 amide bonds. The molecule has 0 saturated carbocycles. The summed E-state index contributed by atoms with van der Waals surface area (Å²) in [5.74, 6) is 0.747. The first-order valence-corrected chi connectivity index (χ1v) is 5.60. The number of nitrogens with zero attached hydrogens (tertiary/aromatic N) is 3. The van der Waals surface area contributed by atoms with Crippen molar-refractivity contribution in [3.8, 4) is 5.75 Å². The summed E-state index contributed by atoms with van der Waals surface area (Å²) in [6, 6.07) is 7.19. The van der Waals surface area contributed by atoms with Crippen LogP contribution in [0, 0.1) is 0 Å². The van der Waals surface area contributed by atoms with E-state index in [-0.39, 0.29) is 11.7 Å². The van der Waals surface area contributed by atoms with Gasteiger partial charge in [0.15, 0.2) is 0 Å². The molecule has 2 rings (SSSR count). The van der Waals surface area contributed by atoms with Gasteiger partial charge < -0.3 is 10.5 Å². The van der Waals surface area contributed by atoms with Crippen molar-refractivity contribution in [2.24, 2.45) is 12.8 Å². The van der Waals surface area contributed by atoms with Gasteiger partial charge in [-0.05, 0) is 17.7 Å². The number of aromatic nitrogens is 3. The Hall–Kier alpha value is -2.08. The molecule has 2 aromatic rings. The van der Waals surface area contributed by atoms with Gasteiger partial charge in [0.25, 0.3) is 0 Å². The van der Waals surface area contributed by atoms with Crippen molar-refractivity contribution in [1.82, 2.24) is 14.3 Å². The van der Waals surface area contributed by atoms with E-state index in [1.54, 1.807) is 14.2 Å². The summed E-state index contributed by atoms with van der Waals surface area (Å²) in [6.07, 6.45) is 1.47. The lowest BCUT2D eigenvalue weighted by Crippen LogP contribution is -2.28. The third kappa shape index (κ3) is 2.43. The van der Waals surface area contributed by atoms with Gasteiger partial charge in [-0.25, -0.2) is 9.48 Å². The molecule has 96 valence electrons. The predicted octanol–water partition coefficient (Wildman–Crippen LogP) is 0.290. The molecule has 1 unspecified atom stereocenters. The number of hydrogen-bond acceptors (Lipinski definition) is 4. The minimum absolute atomic E-state index is 0.173. The van der Waals surface area contributed by atoms with Crippen LogP contribution in [0.25, 0.3) is 0 Å². The Morgan fingerprint density at radius 3 is 2.89 bits per heavy atom. The normalized spacial score (nSPS) is 12.4. The second-order valence-electron chi connectivity index (χ2n) is 4.09. The van der Waals surface area contributed by atoms with E-state index in [4.69, 9.17) is 10.5 Å². The van der Waals surface area contributed by atoms with Crippen LogP contribution in [0.3, 0.4) is 0 Å². The summed E-state index contributed by atoms with van der Waals surface area (Å²) in [5.41, 5.74) is 6.80. The van der Waals surface area contributed by atoms with E-state index < -0.39 is 0 Å². The highest BCUT2D eigenvalue weighted by molar-refractivity contribution is 5.30. The fraction of sp³-hybridized carbons (Fsp3) is 0.333. The Kier molecular flexibility index (Phi) is 3.47. The third-order valence-corrected chi connectivity index (χ3v) is 2.78. The number of nitrogens with two attached hydrogens (primary N) is 1. The summed E-state index contributed by atoms with van der Waals surface area (Å²) in [5, 5.41) is 3.98. The first kappa shape index (κ1) is 12.4. The van der Waals surface area contributed by atoms with E-state index in [0.717, 1.165) is 11.3 Å². The van der Waals surface area contributed by atoms with E-state index in [9.17, 15) is 4.79 Å². The monoisotopic (exact) mass is 248 g/mol. The SMILES string of the molecule is COc1cccc(C(N)Cn2ncn(C)c2=O)c1. The van der Waals surface area contributed by atoms with Crippen LogP contribution in [0.15, 0.2) is 35.4 Å². The first-order chi connectivity index (χ1) is 8.61. The van der Waals surface area contributed by atoms with Crippen molar-refractivity contribution >= 4 is 0 Å². The second kappa shape index (κ2) is 5.05. The highest BCUT2D eigenvalue weighted by Gasteiger charge is 2.10. The molecule has 1 heterocycles. The van der Waals surface area contributed by atoms with Crippen molar-refractivity contribution in [2.45, 2.75) is 12.6 Å². The lowest BCUT2D eigenvalue weighted by Gasteiger charge is -2.12. The van der Waals surface area contributed by atoms with Gasteiger partial charge in [0.2, 0.25) is 0 Å². The summed E-state index contributed by atoms with van der Waals surface area (Å²) < 4.78 is 7.91. The molecule has 6 nitrogen and oxygen atoms in total. The largest absolute Gasteiger partial charge is 0.497 e. The topological polar surface area (TPSA) is 75.1 Å². The number of hydrogen-bond donors (Lipinski definition) is 1. The quantitative estimate of drug-likeness (QED) is 0.844. The van der Waals surface area contributed by atoms with Crippen LogP contribution in [0.2, 0.25) is 0 Å². The Labute approximate surface area is 105 Å². The van der Waals surface area contributed by atoms with Crippen LogP contribution in [-0.4, -0.2) is 21.5 Å². The van der Waals surface area contributed by atoms with Gasteiger partial charge in [0.05, 0.1) is 13.7 Å². The molecule has 0 fully saturated rings. The summed E-state index contributed by atoms with van der Waals surface area (Å²) >= 11 is 0. The van der Waals surface area contributed by atoms with Crippen LogP contribution in [0.5, 0.6) is 5.75 Å². The van der Waals surface area contributed by atoms with Gasteiger partial charge in [-0.2, -0.15) is 5.10 Å². The molecule has 6 heteroatoms. The average molecular weight is 248 g/mol. The van der Waals surface area contributed by atoms with Crippen molar-refractivity contribution in [3.63, 3.8) is 0 Å². The van der Waals surface area contributed by atoms with Crippen LogP contribution in [0.4, 0.5) is 0 Å². The minimum atomic E-state index is -0.298. The van der Waals surface area contributed by atoms with Crippen molar-refractivity contribution in [2.75, 3.05) is 7.11 Å². The van der Waals surface area contributed by atoms with Crippen LogP contribution < -0.4 is 16.2 Å². The Morgan fingerprint density at radius 1 is 1.50 bits per heavy atom. The highest BCUT2D eigenvalue weighted by atomic mass is 16.5. The smallest absolute Gasteiger partial charge is 0.345 e. The number of aryl methyl sites for hydroxylation is 1. The van der Waals surface area contributed by atoms with E-state index >= 15 is 0 Å². The first-order valence-electron chi connectivity index (χ1n) is 5.60. The number of ether oxygens (including phenoxy) is 1. The molecule has 2 N–H and O–H groups in total. The fourth-order valence-electron chi connectivity index (χ4n) is 1.71. The molecule has 1 aromatic carbocycles. The standard InChI is InChI=1S/C12H16N4O2/c1-15-8-14-16(12(15)17)7-11(13)9-4-3-5-10(6-9)18-2/h3-6,8,11H,7,13H2,1-2H3. The molecular weight excluding hydrogens is 232 g/mol. The zero-order valence-electron chi connectivity index (χ0n) is 10.4. The van der Waals surface area contributed by atoms with Gasteiger partial charge in [0.1, 0.15) is 12.1 Å². The maximum atomic E-state index is 11.6.